The summed E-state index contributed by atoms with van der Waals surface area (Å²) in [5.74, 6) is -0.801. The lowest BCUT2D eigenvalue weighted by Gasteiger charge is -2.17. The molecule has 0 unspecified atom stereocenters. The molecule has 1 N–H and O–H groups in total. The van der Waals surface area contributed by atoms with Crippen molar-refractivity contribution in [2.75, 3.05) is 0 Å². The highest BCUT2D eigenvalue weighted by Crippen LogP contribution is 2.31. The van der Waals surface area contributed by atoms with Gasteiger partial charge in [0.2, 0.25) is 0 Å². The van der Waals surface area contributed by atoms with E-state index in [1.54, 1.807) is 0 Å². The maximum Gasteiger partial charge on any atom is 0.308 e. The number of benzene rings is 1. The van der Waals surface area contributed by atoms with E-state index in [1.807, 2.05) is 18.2 Å². The first-order chi connectivity index (χ1) is 9.36. The fourth-order valence-corrected chi connectivity index (χ4v) is 3.39. The molecule has 0 atom stereocenters. The van der Waals surface area contributed by atoms with Crippen molar-refractivity contribution in [3.63, 3.8) is 0 Å². The predicted octanol–water partition coefficient (Wildman–Crippen LogP) is 3.66. The Morgan fingerprint density at radius 1 is 1.25 bits per heavy atom. The summed E-state index contributed by atoms with van der Waals surface area (Å²) in [6.45, 7) is 6.21. The molecule has 1 aromatic carbocycles. The summed E-state index contributed by atoms with van der Waals surface area (Å²) in [5, 5.41) is 10.0. The molecule has 4 heteroatoms. The molecule has 0 bridgehead atoms. The smallest absolute Gasteiger partial charge is 0.308 e. The van der Waals surface area contributed by atoms with E-state index in [-0.39, 0.29) is 11.8 Å². The number of nitrogens with zero attached hydrogens (tertiary/aromatic N) is 1. The van der Waals surface area contributed by atoms with Gasteiger partial charge in [-0.1, -0.05) is 51.1 Å². The summed E-state index contributed by atoms with van der Waals surface area (Å²) in [6.07, 6.45) is 0.813. The molecular formula is C16H19NO2S. The minimum absolute atomic E-state index is 0.0546. The number of rotatable bonds is 4. The number of hydrogen-bond donors (Lipinski definition) is 1. The van der Waals surface area contributed by atoms with Crippen molar-refractivity contribution in [2.45, 2.75) is 39.0 Å². The third kappa shape index (κ3) is 3.67. The van der Waals surface area contributed by atoms with Gasteiger partial charge in [0.15, 0.2) is 0 Å². The third-order valence-electron chi connectivity index (χ3n) is 2.96. The molecule has 0 amide bonds. The first kappa shape index (κ1) is 14.7. The highest BCUT2D eigenvalue weighted by molar-refractivity contribution is 7.11. The number of carboxylic acids is 1. The van der Waals surface area contributed by atoms with Crippen LogP contribution in [0, 0.1) is 0 Å². The van der Waals surface area contributed by atoms with E-state index in [4.69, 9.17) is 5.11 Å². The minimum Gasteiger partial charge on any atom is -0.481 e. The van der Waals surface area contributed by atoms with E-state index < -0.39 is 5.97 Å². The highest BCUT2D eigenvalue weighted by Gasteiger charge is 2.24. The lowest BCUT2D eigenvalue weighted by Crippen LogP contribution is -2.15. The second kappa shape index (κ2) is 5.75. The van der Waals surface area contributed by atoms with E-state index in [2.05, 4.69) is 37.9 Å². The fraction of sp³-hybridized carbons (Fsp3) is 0.375. The van der Waals surface area contributed by atoms with Crippen LogP contribution in [0.3, 0.4) is 0 Å². The Balaban J connectivity index is 2.31. The SMILES string of the molecule is CC(C)(C)c1nc(Cc2ccccc2)sc1CC(=O)O. The maximum absolute atomic E-state index is 11.0. The Labute approximate surface area is 123 Å². The van der Waals surface area contributed by atoms with Crippen LogP contribution in [-0.4, -0.2) is 16.1 Å². The van der Waals surface area contributed by atoms with Gasteiger partial charge in [0.25, 0.3) is 0 Å². The van der Waals surface area contributed by atoms with E-state index >= 15 is 0 Å². The van der Waals surface area contributed by atoms with Crippen LogP contribution in [0.4, 0.5) is 0 Å². The second-order valence-electron chi connectivity index (χ2n) is 5.86. The van der Waals surface area contributed by atoms with E-state index in [1.165, 1.54) is 16.9 Å². The first-order valence-electron chi connectivity index (χ1n) is 6.61. The molecule has 0 saturated carbocycles. The number of aliphatic carboxylic acids is 1. The molecule has 1 aromatic heterocycles. The largest absolute Gasteiger partial charge is 0.481 e. The number of hydrogen-bond acceptors (Lipinski definition) is 3. The van der Waals surface area contributed by atoms with Crippen LogP contribution >= 0.6 is 11.3 Å². The zero-order valence-corrected chi connectivity index (χ0v) is 12.8. The van der Waals surface area contributed by atoms with Crippen molar-refractivity contribution < 1.29 is 9.90 Å². The summed E-state index contributed by atoms with van der Waals surface area (Å²) in [6, 6.07) is 10.1. The van der Waals surface area contributed by atoms with E-state index in [9.17, 15) is 4.79 Å². The second-order valence-corrected chi connectivity index (χ2v) is 7.03. The molecule has 2 rings (SSSR count). The van der Waals surface area contributed by atoms with Gasteiger partial charge < -0.3 is 5.11 Å². The summed E-state index contributed by atoms with van der Waals surface area (Å²) < 4.78 is 0. The van der Waals surface area contributed by atoms with Gasteiger partial charge in [-0.15, -0.1) is 11.3 Å². The minimum atomic E-state index is -0.801. The monoisotopic (exact) mass is 289 g/mol. The summed E-state index contributed by atoms with van der Waals surface area (Å²) in [5.41, 5.74) is 1.98. The Bertz CT molecular complexity index is 597. The van der Waals surface area contributed by atoms with Crippen molar-refractivity contribution in [1.82, 2.24) is 4.98 Å². The molecule has 2 aromatic rings. The van der Waals surface area contributed by atoms with Crippen LogP contribution in [0.5, 0.6) is 0 Å². The fourth-order valence-electron chi connectivity index (χ4n) is 2.09. The zero-order valence-electron chi connectivity index (χ0n) is 12.0. The van der Waals surface area contributed by atoms with Gasteiger partial charge in [-0.05, 0) is 5.56 Å². The average molecular weight is 289 g/mol. The van der Waals surface area contributed by atoms with Gasteiger partial charge in [0.05, 0.1) is 17.1 Å². The van der Waals surface area contributed by atoms with Crippen LogP contribution in [0.1, 0.15) is 41.9 Å². The lowest BCUT2D eigenvalue weighted by molar-refractivity contribution is -0.136. The molecule has 3 nitrogen and oxygen atoms in total. The number of aromatic nitrogens is 1. The maximum atomic E-state index is 11.0. The molecule has 20 heavy (non-hydrogen) atoms. The van der Waals surface area contributed by atoms with Crippen molar-refractivity contribution in [3.8, 4) is 0 Å². The van der Waals surface area contributed by atoms with Crippen LogP contribution in [0.25, 0.3) is 0 Å². The topological polar surface area (TPSA) is 50.2 Å². The molecule has 0 radical (unpaired) electrons. The molecule has 0 saturated heterocycles. The molecule has 1 heterocycles. The summed E-state index contributed by atoms with van der Waals surface area (Å²) >= 11 is 1.52. The van der Waals surface area contributed by atoms with Crippen molar-refractivity contribution in [1.29, 1.82) is 0 Å². The lowest BCUT2D eigenvalue weighted by atomic mass is 9.91. The van der Waals surface area contributed by atoms with Crippen LogP contribution in [-0.2, 0) is 23.1 Å². The molecule has 0 aliphatic carbocycles. The normalized spacial score (nSPS) is 11.6. The van der Waals surface area contributed by atoms with Crippen molar-refractivity contribution in [3.05, 3.63) is 51.5 Å². The van der Waals surface area contributed by atoms with Gasteiger partial charge >= 0.3 is 5.97 Å². The van der Waals surface area contributed by atoms with Crippen LogP contribution in [0.15, 0.2) is 30.3 Å². The Kier molecular flexibility index (Phi) is 4.23. The van der Waals surface area contributed by atoms with Crippen LogP contribution in [0.2, 0.25) is 0 Å². The van der Waals surface area contributed by atoms with E-state index in [0.29, 0.717) is 0 Å². The van der Waals surface area contributed by atoms with Gasteiger partial charge in [-0.2, -0.15) is 0 Å². The van der Waals surface area contributed by atoms with Gasteiger partial charge in [-0.3, -0.25) is 4.79 Å². The predicted molar refractivity (Wildman–Crippen MR) is 81.4 cm³/mol. The molecule has 0 aliphatic heterocycles. The molecule has 0 spiro atoms. The van der Waals surface area contributed by atoms with Crippen LogP contribution < -0.4 is 0 Å². The molecular weight excluding hydrogens is 270 g/mol. The number of carboxylic acid groups (broad SMARTS) is 1. The van der Waals surface area contributed by atoms with Gasteiger partial charge in [-0.25, -0.2) is 4.98 Å². The summed E-state index contributed by atoms with van der Waals surface area (Å²) in [7, 11) is 0. The first-order valence-corrected chi connectivity index (χ1v) is 7.42. The highest BCUT2D eigenvalue weighted by atomic mass is 32.1. The Morgan fingerprint density at radius 3 is 2.45 bits per heavy atom. The van der Waals surface area contributed by atoms with Crippen molar-refractivity contribution in [2.24, 2.45) is 0 Å². The molecule has 0 fully saturated rings. The Hall–Kier alpha value is -1.68. The molecule has 106 valence electrons. The van der Waals surface area contributed by atoms with E-state index in [0.717, 1.165) is 22.0 Å². The number of thiazole rings is 1. The van der Waals surface area contributed by atoms with Gasteiger partial charge in [0.1, 0.15) is 0 Å². The summed E-state index contributed by atoms with van der Waals surface area (Å²) in [4.78, 5) is 16.6. The number of carbonyl (C=O) groups is 1. The molecule has 0 aliphatic rings. The quantitative estimate of drug-likeness (QED) is 0.934. The average Bonchev–Trinajstić information content (AvgIpc) is 2.72. The Morgan fingerprint density at radius 2 is 1.90 bits per heavy atom. The zero-order chi connectivity index (χ0) is 14.8. The van der Waals surface area contributed by atoms with Gasteiger partial charge in [0, 0.05) is 16.7 Å². The third-order valence-corrected chi connectivity index (χ3v) is 4.02. The van der Waals surface area contributed by atoms with Crippen molar-refractivity contribution >= 4 is 17.3 Å². The standard InChI is InChI=1S/C16H19NO2S/c1-16(2,3)15-12(10-14(18)19)20-13(17-15)9-11-7-5-4-6-8-11/h4-8H,9-10H2,1-3H3,(H,18,19).